The highest BCUT2D eigenvalue weighted by Crippen LogP contribution is 2.21. The van der Waals surface area contributed by atoms with Gasteiger partial charge in [-0.1, -0.05) is 0 Å². The van der Waals surface area contributed by atoms with E-state index in [1.54, 1.807) is 4.90 Å². The summed E-state index contributed by atoms with van der Waals surface area (Å²) in [4.78, 5) is 27.8. The molecule has 2 aliphatic heterocycles. The van der Waals surface area contributed by atoms with Gasteiger partial charge < -0.3 is 15.1 Å². The average Bonchev–Trinajstić information content (AvgIpc) is 2.79. The van der Waals surface area contributed by atoms with Crippen LogP contribution in [0.3, 0.4) is 0 Å². The van der Waals surface area contributed by atoms with E-state index in [2.05, 4.69) is 5.32 Å². The summed E-state index contributed by atoms with van der Waals surface area (Å²) < 4.78 is 0. The summed E-state index contributed by atoms with van der Waals surface area (Å²) in [5.74, 6) is 0.172. The van der Waals surface area contributed by atoms with Crippen molar-refractivity contribution in [2.75, 3.05) is 33.2 Å². The van der Waals surface area contributed by atoms with Crippen LogP contribution in [0.15, 0.2) is 0 Å². The largest absolute Gasteiger partial charge is 0.342 e. The Balaban J connectivity index is 1.93. The molecule has 2 fully saturated rings. The van der Waals surface area contributed by atoms with Gasteiger partial charge in [0.1, 0.15) is 0 Å². The van der Waals surface area contributed by atoms with Gasteiger partial charge in [0.25, 0.3) is 0 Å². The topological polar surface area (TPSA) is 52.7 Å². The van der Waals surface area contributed by atoms with Gasteiger partial charge in [0.15, 0.2) is 0 Å². The molecule has 5 nitrogen and oxygen atoms in total. The number of amides is 2. The van der Waals surface area contributed by atoms with Crippen molar-refractivity contribution in [1.29, 1.82) is 0 Å². The quantitative estimate of drug-likeness (QED) is 0.774. The summed E-state index contributed by atoms with van der Waals surface area (Å²) in [6, 6.07) is 0.405. The number of nitrogens with one attached hydrogen (secondary N) is 1. The number of likely N-dealkylation sites (N-methyl/N-ethyl adjacent to an activating group) is 1. The fraction of sp³-hybridized carbons (Fsp3) is 0.846. The predicted octanol–water partition coefficient (Wildman–Crippen LogP) is 0.0652. The van der Waals surface area contributed by atoms with Crippen LogP contribution in [0.1, 0.15) is 26.2 Å². The van der Waals surface area contributed by atoms with Crippen molar-refractivity contribution in [3.63, 3.8) is 0 Å². The number of hydrogen-bond donors (Lipinski definition) is 1. The number of nitrogens with zero attached hydrogens (tertiary/aromatic N) is 2. The molecule has 0 aromatic heterocycles. The van der Waals surface area contributed by atoms with E-state index >= 15 is 0 Å². The number of likely N-dealkylation sites (tertiary alicyclic amines) is 2. The Morgan fingerprint density at radius 3 is 2.83 bits per heavy atom. The molecule has 0 saturated carbocycles. The fourth-order valence-electron chi connectivity index (χ4n) is 2.91. The Kier molecular flexibility index (Phi) is 4.22. The average molecular weight is 253 g/mol. The van der Waals surface area contributed by atoms with Crippen molar-refractivity contribution in [3.8, 4) is 0 Å². The highest BCUT2D eigenvalue weighted by molar-refractivity contribution is 5.89. The lowest BCUT2D eigenvalue weighted by molar-refractivity contribution is -0.137. The first-order chi connectivity index (χ1) is 8.65. The van der Waals surface area contributed by atoms with Crippen LogP contribution in [0.5, 0.6) is 0 Å². The molecule has 0 aliphatic carbocycles. The molecule has 2 unspecified atom stereocenters. The summed E-state index contributed by atoms with van der Waals surface area (Å²) >= 11 is 0. The Hall–Kier alpha value is -1.10. The molecule has 2 rings (SSSR count). The third kappa shape index (κ3) is 2.66. The minimum absolute atomic E-state index is 0.118. The van der Waals surface area contributed by atoms with E-state index in [1.165, 1.54) is 0 Å². The molecular weight excluding hydrogens is 230 g/mol. The van der Waals surface area contributed by atoms with E-state index < -0.39 is 0 Å². The molecule has 2 aliphatic rings. The Morgan fingerprint density at radius 1 is 1.44 bits per heavy atom. The molecule has 2 atom stereocenters. The van der Waals surface area contributed by atoms with E-state index in [4.69, 9.17) is 0 Å². The first kappa shape index (κ1) is 13.3. The Bertz CT molecular complexity index is 332. The van der Waals surface area contributed by atoms with Crippen molar-refractivity contribution >= 4 is 11.8 Å². The SMILES string of the molecule is CCN1CC(C(=O)N2CCCC(NC)C2)CC1=O. The first-order valence-electron chi connectivity index (χ1n) is 6.89. The van der Waals surface area contributed by atoms with Crippen LogP contribution in [-0.4, -0.2) is 60.9 Å². The van der Waals surface area contributed by atoms with Gasteiger partial charge in [-0.3, -0.25) is 9.59 Å². The molecule has 0 aromatic carbocycles. The van der Waals surface area contributed by atoms with Crippen LogP contribution in [0, 0.1) is 5.92 Å². The highest BCUT2D eigenvalue weighted by atomic mass is 16.2. The van der Waals surface area contributed by atoms with Gasteiger partial charge in [0, 0.05) is 38.6 Å². The normalized spacial score (nSPS) is 28.9. The van der Waals surface area contributed by atoms with Gasteiger partial charge in [-0.05, 0) is 26.8 Å². The van der Waals surface area contributed by atoms with Gasteiger partial charge in [0.2, 0.25) is 11.8 Å². The molecule has 0 bridgehead atoms. The molecule has 18 heavy (non-hydrogen) atoms. The van der Waals surface area contributed by atoms with E-state index in [0.29, 0.717) is 25.6 Å². The molecule has 1 N–H and O–H groups in total. The van der Waals surface area contributed by atoms with Crippen molar-refractivity contribution in [2.45, 2.75) is 32.2 Å². The van der Waals surface area contributed by atoms with Crippen LogP contribution in [0.4, 0.5) is 0 Å². The van der Waals surface area contributed by atoms with Gasteiger partial charge >= 0.3 is 0 Å². The molecule has 0 radical (unpaired) electrons. The number of rotatable bonds is 3. The van der Waals surface area contributed by atoms with Crippen LogP contribution >= 0.6 is 0 Å². The van der Waals surface area contributed by atoms with Gasteiger partial charge in [-0.15, -0.1) is 0 Å². The zero-order valence-corrected chi connectivity index (χ0v) is 11.3. The van der Waals surface area contributed by atoms with Crippen LogP contribution in [0.25, 0.3) is 0 Å². The predicted molar refractivity (Wildman–Crippen MR) is 69.0 cm³/mol. The Morgan fingerprint density at radius 2 is 2.22 bits per heavy atom. The van der Waals surface area contributed by atoms with Crippen molar-refractivity contribution < 1.29 is 9.59 Å². The van der Waals surface area contributed by atoms with Gasteiger partial charge in [0.05, 0.1) is 5.92 Å². The number of piperidine rings is 1. The lowest BCUT2D eigenvalue weighted by Crippen LogP contribution is -2.49. The van der Waals surface area contributed by atoms with Crippen molar-refractivity contribution in [2.24, 2.45) is 5.92 Å². The molecule has 2 heterocycles. The maximum atomic E-state index is 12.4. The molecule has 0 aromatic rings. The monoisotopic (exact) mass is 253 g/mol. The molecule has 102 valence electrons. The third-order valence-corrected chi connectivity index (χ3v) is 4.09. The molecule has 0 spiro atoms. The second-order valence-electron chi connectivity index (χ2n) is 5.25. The van der Waals surface area contributed by atoms with Crippen LogP contribution in [0.2, 0.25) is 0 Å². The van der Waals surface area contributed by atoms with E-state index in [1.807, 2.05) is 18.9 Å². The summed E-state index contributed by atoms with van der Waals surface area (Å²) in [5.41, 5.74) is 0. The van der Waals surface area contributed by atoms with Crippen molar-refractivity contribution in [3.05, 3.63) is 0 Å². The highest BCUT2D eigenvalue weighted by Gasteiger charge is 2.36. The lowest BCUT2D eigenvalue weighted by Gasteiger charge is -2.34. The smallest absolute Gasteiger partial charge is 0.228 e. The van der Waals surface area contributed by atoms with E-state index in [-0.39, 0.29) is 17.7 Å². The summed E-state index contributed by atoms with van der Waals surface area (Å²) in [6.07, 6.45) is 2.58. The number of carbonyl (C=O) groups is 2. The molecule has 2 amide bonds. The summed E-state index contributed by atoms with van der Waals surface area (Å²) in [6.45, 7) is 4.90. The third-order valence-electron chi connectivity index (χ3n) is 4.09. The zero-order chi connectivity index (χ0) is 13.1. The summed E-state index contributed by atoms with van der Waals surface area (Å²) in [7, 11) is 1.94. The van der Waals surface area contributed by atoms with E-state index in [9.17, 15) is 9.59 Å². The minimum atomic E-state index is -0.118. The standard InChI is InChI=1S/C13H23N3O2/c1-3-15-8-10(7-12(15)17)13(18)16-6-4-5-11(9-16)14-2/h10-11,14H,3-9H2,1-2H3. The molecule has 5 heteroatoms. The molecular formula is C13H23N3O2. The lowest BCUT2D eigenvalue weighted by atomic mass is 10.0. The molecule has 2 saturated heterocycles. The second-order valence-corrected chi connectivity index (χ2v) is 5.25. The second kappa shape index (κ2) is 5.69. The Labute approximate surface area is 108 Å². The van der Waals surface area contributed by atoms with Gasteiger partial charge in [-0.25, -0.2) is 0 Å². The number of carbonyl (C=O) groups excluding carboxylic acids is 2. The fourth-order valence-corrected chi connectivity index (χ4v) is 2.91. The van der Waals surface area contributed by atoms with Crippen LogP contribution < -0.4 is 5.32 Å². The van der Waals surface area contributed by atoms with Gasteiger partial charge in [-0.2, -0.15) is 0 Å². The van der Waals surface area contributed by atoms with Crippen LogP contribution in [-0.2, 0) is 9.59 Å². The maximum absolute atomic E-state index is 12.4. The minimum Gasteiger partial charge on any atom is -0.342 e. The van der Waals surface area contributed by atoms with E-state index in [0.717, 1.165) is 25.9 Å². The van der Waals surface area contributed by atoms with Crippen molar-refractivity contribution in [1.82, 2.24) is 15.1 Å². The summed E-state index contributed by atoms with van der Waals surface area (Å²) in [5, 5.41) is 3.24. The zero-order valence-electron chi connectivity index (χ0n) is 11.3. The maximum Gasteiger partial charge on any atom is 0.228 e. The number of hydrogen-bond acceptors (Lipinski definition) is 3. The first-order valence-corrected chi connectivity index (χ1v) is 6.89.